The molecule has 0 aliphatic rings. The van der Waals surface area contributed by atoms with E-state index >= 15 is 0 Å². The van der Waals surface area contributed by atoms with Crippen molar-refractivity contribution in [1.29, 1.82) is 0 Å². The molecule has 0 saturated carbocycles. The molecule has 0 bridgehead atoms. The zero-order valence-electron chi connectivity index (χ0n) is 10.7. The smallest absolute Gasteiger partial charge is 0.122 e. The Balaban J connectivity index is 2.59. The highest BCUT2D eigenvalue weighted by atomic mass is 16.3. The molecular weight excluding hydrogens is 212 g/mol. The van der Waals surface area contributed by atoms with E-state index in [-0.39, 0.29) is 0 Å². The van der Waals surface area contributed by atoms with Crippen molar-refractivity contribution in [3.63, 3.8) is 0 Å². The van der Waals surface area contributed by atoms with Crippen molar-refractivity contribution >= 4 is 0 Å². The SMILES string of the molecule is Cc1[nH]ncc1-c1ccc(C(C)C)c(O)c1C. The Morgan fingerprint density at radius 2 is 1.88 bits per heavy atom. The Kier molecular flexibility index (Phi) is 2.92. The second kappa shape index (κ2) is 4.24. The van der Waals surface area contributed by atoms with Crippen molar-refractivity contribution in [2.24, 2.45) is 0 Å². The maximum absolute atomic E-state index is 10.2. The summed E-state index contributed by atoms with van der Waals surface area (Å²) >= 11 is 0. The first-order valence-corrected chi connectivity index (χ1v) is 5.85. The van der Waals surface area contributed by atoms with E-state index in [0.29, 0.717) is 11.7 Å². The maximum atomic E-state index is 10.2. The third-order valence-corrected chi connectivity index (χ3v) is 3.20. The van der Waals surface area contributed by atoms with Gasteiger partial charge in [0.1, 0.15) is 5.75 Å². The van der Waals surface area contributed by atoms with Gasteiger partial charge >= 0.3 is 0 Å². The molecular formula is C14H18N2O. The van der Waals surface area contributed by atoms with Crippen molar-refractivity contribution in [2.45, 2.75) is 33.6 Å². The van der Waals surface area contributed by atoms with Crippen LogP contribution in [0, 0.1) is 13.8 Å². The van der Waals surface area contributed by atoms with Crippen LogP contribution in [0.1, 0.15) is 36.6 Å². The Hall–Kier alpha value is -1.77. The highest BCUT2D eigenvalue weighted by Gasteiger charge is 2.14. The lowest BCUT2D eigenvalue weighted by Crippen LogP contribution is -1.93. The Bertz CT molecular complexity index is 541. The predicted molar refractivity (Wildman–Crippen MR) is 69.3 cm³/mol. The van der Waals surface area contributed by atoms with Crippen LogP contribution in [0.4, 0.5) is 0 Å². The van der Waals surface area contributed by atoms with Gasteiger partial charge in [0, 0.05) is 11.3 Å². The first kappa shape index (κ1) is 11.7. The number of phenols is 1. The second-order valence-electron chi connectivity index (χ2n) is 4.74. The highest BCUT2D eigenvalue weighted by Crippen LogP contribution is 2.36. The van der Waals surface area contributed by atoms with Gasteiger partial charge in [0.25, 0.3) is 0 Å². The minimum absolute atomic E-state index is 0.327. The number of aromatic hydroxyl groups is 1. The number of aryl methyl sites for hydroxylation is 1. The van der Waals surface area contributed by atoms with E-state index in [1.807, 2.05) is 19.9 Å². The number of aromatic nitrogens is 2. The fourth-order valence-electron chi connectivity index (χ4n) is 2.10. The van der Waals surface area contributed by atoms with Crippen LogP contribution in [-0.4, -0.2) is 15.3 Å². The summed E-state index contributed by atoms with van der Waals surface area (Å²) in [5.41, 5.74) is 5.02. The van der Waals surface area contributed by atoms with E-state index in [4.69, 9.17) is 0 Å². The van der Waals surface area contributed by atoms with Crippen LogP contribution < -0.4 is 0 Å². The van der Waals surface area contributed by atoms with Gasteiger partial charge < -0.3 is 5.11 Å². The van der Waals surface area contributed by atoms with E-state index in [1.165, 1.54) is 0 Å². The molecule has 0 unspecified atom stereocenters. The minimum atomic E-state index is 0.327. The van der Waals surface area contributed by atoms with Gasteiger partial charge in [0.05, 0.1) is 6.20 Å². The van der Waals surface area contributed by atoms with E-state index < -0.39 is 0 Å². The molecule has 0 radical (unpaired) electrons. The molecule has 1 aromatic carbocycles. The molecule has 2 aromatic rings. The molecule has 17 heavy (non-hydrogen) atoms. The molecule has 0 saturated heterocycles. The first-order chi connectivity index (χ1) is 8.02. The number of nitrogens with one attached hydrogen (secondary N) is 1. The number of nitrogens with zero attached hydrogens (tertiary/aromatic N) is 1. The van der Waals surface area contributed by atoms with Crippen LogP contribution in [-0.2, 0) is 0 Å². The number of aromatic amines is 1. The number of phenolic OH excluding ortho intramolecular Hbond substituents is 1. The summed E-state index contributed by atoms with van der Waals surface area (Å²) in [6.07, 6.45) is 1.80. The molecule has 3 heteroatoms. The molecule has 90 valence electrons. The quantitative estimate of drug-likeness (QED) is 0.829. The first-order valence-electron chi connectivity index (χ1n) is 5.85. The van der Waals surface area contributed by atoms with Crippen LogP contribution in [0.15, 0.2) is 18.3 Å². The lowest BCUT2D eigenvalue weighted by atomic mass is 9.93. The maximum Gasteiger partial charge on any atom is 0.122 e. The Labute approximate surface area is 102 Å². The van der Waals surface area contributed by atoms with E-state index in [9.17, 15) is 5.11 Å². The van der Waals surface area contributed by atoms with Gasteiger partial charge in [0.15, 0.2) is 0 Å². The van der Waals surface area contributed by atoms with Gasteiger partial charge in [-0.3, -0.25) is 5.10 Å². The van der Waals surface area contributed by atoms with E-state index in [1.54, 1.807) is 6.20 Å². The lowest BCUT2D eigenvalue weighted by molar-refractivity contribution is 0.461. The van der Waals surface area contributed by atoms with Gasteiger partial charge in [-0.05, 0) is 36.5 Å². The molecule has 0 aliphatic heterocycles. The highest BCUT2D eigenvalue weighted by molar-refractivity contribution is 5.72. The van der Waals surface area contributed by atoms with Crippen molar-refractivity contribution in [3.8, 4) is 16.9 Å². The number of rotatable bonds is 2. The van der Waals surface area contributed by atoms with E-state index in [2.05, 4.69) is 30.1 Å². The Morgan fingerprint density at radius 3 is 2.41 bits per heavy atom. The van der Waals surface area contributed by atoms with Crippen molar-refractivity contribution in [2.75, 3.05) is 0 Å². The van der Waals surface area contributed by atoms with Crippen molar-refractivity contribution < 1.29 is 5.11 Å². The van der Waals surface area contributed by atoms with Crippen LogP contribution in [0.5, 0.6) is 5.75 Å². The molecule has 0 amide bonds. The van der Waals surface area contributed by atoms with E-state index in [0.717, 1.165) is 27.9 Å². The average Bonchev–Trinajstić information content (AvgIpc) is 2.68. The number of benzene rings is 1. The summed E-state index contributed by atoms with van der Waals surface area (Å²) in [7, 11) is 0. The second-order valence-corrected chi connectivity index (χ2v) is 4.74. The van der Waals surface area contributed by atoms with Crippen molar-refractivity contribution in [3.05, 3.63) is 35.2 Å². The molecule has 2 N–H and O–H groups in total. The van der Waals surface area contributed by atoms with Crippen molar-refractivity contribution in [1.82, 2.24) is 10.2 Å². The molecule has 2 rings (SSSR count). The molecule has 0 fully saturated rings. The van der Waals surface area contributed by atoms with Gasteiger partial charge in [-0.2, -0.15) is 5.10 Å². The minimum Gasteiger partial charge on any atom is -0.507 e. The number of H-pyrrole nitrogens is 1. The molecule has 0 spiro atoms. The van der Waals surface area contributed by atoms with Crippen LogP contribution in [0.3, 0.4) is 0 Å². The fourth-order valence-corrected chi connectivity index (χ4v) is 2.10. The standard InChI is InChI=1S/C14H18N2O/c1-8(2)11-5-6-12(9(3)14(11)17)13-7-15-16-10(13)4/h5-8,17H,1-4H3,(H,15,16). The number of hydrogen-bond acceptors (Lipinski definition) is 2. The molecule has 3 nitrogen and oxygen atoms in total. The zero-order valence-corrected chi connectivity index (χ0v) is 10.7. The topological polar surface area (TPSA) is 48.9 Å². The molecule has 1 aromatic heterocycles. The monoisotopic (exact) mass is 230 g/mol. The third-order valence-electron chi connectivity index (χ3n) is 3.20. The zero-order chi connectivity index (χ0) is 12.6. The summed E-state index contributed by atoms with van der Waals surface area (Å²) in [5.74, 6) is 0.728. The molecule has 0 atom stereocenters. The van der Waals surface area contributed by atoms with Crippen LogP contribution in [0.25, 0.3) is 11.1 Å². The van der Waals surface area contributed by atoms with Gasteiger partial charge in [-0.25, -0.2) is 0 Å². The molecule has 1 heterocycles. The van der Waals surface area contributed by atoms with Crippen LogP contribution >= 0.6 is 0 Å². The van der Waals surface area contributed by atoms with Gasteiger partial charge in [-0.1, -0.05) is 26.0 Å². The lowest BCUT2D eigenvalue weighted by Gasteiger charge is -2.14. The Morgan fingerprint density at radius 1 is 1.18 bits per heavy atom. The van der Waals surface area contributed by atoms with Crippen LogP contribution in [0.2, 0.25) is 0 Å². The third kappa shape index (κ3) is 1.93. The molecule has 0 aliphatic carbocycles. The summed E-state index contributed by atoms with van der Waals surface area (Å²) in [6.45, 7) is 8.09. The summed E-state index contributed by atoms with van der Waals surface area (Å²) < 4.78 is 0. The largest absolute Gasteiger partial charge is 0.507 e. The summed E-state index contributed by atoms with van der Waals surface area (Å²) in [5, 5.41) is 17.1. The predicted octanol–water partition coefficient (Wildman–Crippen LogP) is 3.52. The van der Waals surface area contributed by atoms with Gasteiger partial charge in [0.2, 0.25) is 0 Å². The normalized spacial score (nSPS) is 11.1. The average molecular weight is 230 g/mol. The summed E-state index contributed by atoms with van der Waals surface area (Å²) in [4.78, 5) is 0. The number of hydrogen-bond donors (Lipinski definition) is 2. The summed E-state index contributed by atoms with van der Waals surface area (Å²) in [6, 6.07) is 4.05. The fraction of sp³-hybridized carbons (Fsp3) is 0.357. The van der Waals surface area contributed by atoms with Gasteiger partial charge in [-0.15, -0.1) is 0 Å².